The first-order valence-electron chi connectivity index (χ1n) is 3.88. The summed E-state index contributed by atoms with van der Waals surface area (Å²) in [7, 11) is 0. The van der Waals surface area contributed by atoms with Crippen LogP contribution in [0.4, 0.5) is 0 Å². The van der Waals surface area contributed by atoms with E-state index in [0.717, 1.165) is 11.8 Å². The van der Waals surface area contributed by atoms with Crippen molar-refractivity contribution in [1.82, 2.24) is 0 Å². The van der Waals surface area contributed by atoms with Crippen LogP contribution in [0.25, 0.3) is 6.08 Å². The molecule has 0 spiro atoms. The number of rotatable bonds is 1. The molecule has 1 heterocycles. The molecule has 1 aliphatic rings. The first-order valence-corrected chi connectivity index (χ1v) is 4.26. The fourth-order valence-corrected chi connectivity index (χ4v) is 1.49. The largest absolute Gasteiger partial charge is 0.487 e. The summed E-state index contributed by atoms with van der Waals surface area (Å²) in [6, 6.07) is 5.46. The fourth-order valence-electron chi connectivity index (χ4n) is 1.26. The first-order chi connectivity index (χ1) is 6.31. The predicted molar refractivity (Wildman–Crippen MR) is 51.0 cm³/mol. The second-order valence-electron chi connectivity index (χ2n) is 2.78. The summed E-state index contributed by atoms with van der Waals surface area (Å²) < 4.78 is 5.33. The van der Waals surface area contributed by atoms with E-state index in [-0.39, 0.29) is 0 Å². The highest BCUT2D eigenvalue weighted by Gasteiger charge is 2.12. The van der Waals surface area contributed by atoms with Crippen molar-refractivity contribution in [2.24, 2.45) is 0 Å². The number of hydrogen-bond acceptors (Lipinski definition) is 2. The molecule has 0 saturated heterocycles. The molecule has 1 aliphatic heterocycles. The molecule has 1 aromatic carbocycles. The van der Waals surface area contributed by atoms with Crippen LogP contribution >= 0.6 is 11.6 Å². The quantitative estimate of drug-likeness (QED) is 0.642. The van der Waals surface area contributed by atoms with Gasteiger partial charge in [0.05, 0.1) is 5.02 Å². The zero-order chi connectivity index (χ0) is 9.26. The molecule has 0 amide bonds. The second-order valence-corrected chi connectivity index (χ2v) is 3.19. The highest BCUT2D eigenvalue weighted by Crippen LogP contribution is 2.32. The molecular formula is C10H7ClO2. The smallest absolute Gasteiger partial charge is 0.149 e. The Bertz CT molecular complexity index is 383. The third kappa shape index (κ3) is 1.45. The zero-order valence-corrected chi connectivity index (χ0v) is 7.54. The van der Waals surface area contributed by atoms with Gasteiger partial charge in [0.15, 0.2) is 0 Å². The summed E-state index contributed by atoms with van der Waals surface area (Å²) >= 11 is 5.89. The van der Waals surface area contributed by atoms with Crippen LogP contribution in [0.2, 0.25) is 5.02 Å². The minimum Gasteiger partial charge on any atom is -0.487 e. The molecule has 13 heavy (non-hydrogen) atoms. The van der Waals surface area contributed by atoms with Gasteiger partial charge in [-0.3, -0.25) is 4.79 Å². The van der Waals surface area contributed by atoms with Crippen LogP contribution in [-0.4, -0.2) is 12.9 Å². The molecule has 0 atom stereocenters. The Morgan fingerprint density at radius 3 is 3.08 bits per heavy atom. The third-order valence-corrected chi connectivity index (χ3v) is 2.17. The van der Waals surface area contributed by atoms with Gasteiger partial charge in [-0.1, -0.05) is 23.7 Å². The highest BCUT2D eigenvalue weighted by atomic mass is 35.5. The van der Waals surface area contributed by atoms with Gasteiger partial charge in [-0.2, -0.15) is 0 Å². The summed E-state index contributed by atoms with van der Waals surface area (Å²) in [5, 5.41) is 0.582. The Morgan fingerprint density at radius 2 is 2.31 bits per heavy atom. The molecule has 66 valence electrons. The second kappa shape index (κ2) is 3.23. The number of carbonyl (C=O) groups excluding carboxylic acids is 1. The van der Waals surface area contributed by atoms with Gasteiger partial charge >= 0.3 is 0 Å². The van der Waals surface area contributed by atoms with Crippen molar-refractivity contribution in [3.63, 3.8) is 0 Å². The molecule has 3 heteroatoms. The van der Waals surface area contributed by atoms with Crippen LogP contribution in [0, 0.1) is 0 Å². The SMILES string of the molecule is O=CC1=Cc2cccc(Cl)c2OC1. The first kappa shape index (κ1) is 8.32. The van der Waals surface area contributed by atoms with Crippen molar-refractivity contribution in [1.29, 1.82) is 0 Å². The Balaban J connectivity index is 2.53. The van der Waals surface area contributed by atoms with Crippen LogP contribution in [0.15, 0.2) is 23.8 Å². The lowest BCUT2D eigenvalue weighted by Gasteiger charge is -2.15. The average Bonchev–Trinajstić information content (AvgIpc) is 2.18. The Hall–Kier alpha value is -1.28. The molecule has 0 N–H and O–H groups in total. The zero-order valence-electron chi connectivity index (χ0n) is 6.79. The number of hydrogen-bond donors (Lipinski definition) is 0. The Kier molecular flexibility index (Phi) is 2.07. The fraction of sp³-hybridized carbons (Fsp3) is 0.100. The topological polar surface area (TPSA) is 26.3 Å². The summed E-state index contributed by atoms with van der Waals surface area (Å²) in [6.07, 6.45) is 2.58. The van der Waals surface area contributed by atoms with E-state index >= 15 is 0 Å². The number of para-hydroxylation sites is 1. The number of ether oxygens (including phenoxy) is 1. The molecule has 0 aliphatic carbocycles. The molecular weight excluding hydrogens is 188 g/mol. The molecule has 0 saturated carbocycles. The lowest BCUT2D eigenvalue weighted by Crippen LogP contribution is -2.08. The van der Waals surface area contributed by atoms with Crippen molar-refractivity contribution in [3.8, 4) is 5.75 Å². The summed E-state index contributed by atoms with van der Waals surface area (Å²) in [5.74, 6) is 0.662. The van der Waals surface area contributed by atoms with E-state index < -0.39 is 0 Å². The molecule has 0 unspecified atom stereocenters. The standard InChI is InChI=1S/C10H7ClO2/c11-9-3-1-2-8-4-7(5-12)6-13-10(8)9/h1-5H,6H2. The average molecular weight is 195 g/mol. The molecule has 0 radical (unpaired) electrons. The maximum atomic E-state index is 10.5. The lowest BCUT2D eigenvalue weighted by atomic mass is 10.1. The van der Waals surface area contributed by atoms with Crippen LogP contribution in [-0.2, 0) is 4.79 Å². The van der Waals surface area contributed by atoms with Gasteiger partial charge in [0.2, 0.25) is 0 Å². The minimum atomic E-state index is 0.306. The number of halogens is 1. The van der Waals surface area contributed by atoms with E-state index in [2.05, 4.69) is 0 Å². The monoisotopic (exact) mass is 194 g/mol. The van der Waals surface area contributed by atoms with Crippen molar-refractivity contribution in [3.05, 3.63) is 34.4 Å². The predicted octanol–water partition coefficient (Wildman–Crippen LogP) is 2.31. The van der Waals surface area contributed by atoms with Gasteiger partial charge in [0.25, 0.3) is 0 Å². The van der Waals surface area contributed by atoms with Crippen LogP contribution in [0.3, 0.4) is 0 Å². The third-order valence-electron chi connectivity index (χ3n) is 1.87. The van der Waals surface area contributed by atoms with E-state index in [4.69, 9.17) is 16.3 Å². The number of fused-ring (bicyclic) bond motifs is 1. The van der Waals surface area contributed by atoms with Crippen LogP contribution < -0.4 is 4.74 Å². The Labute approximate surface area is 80.8 Å². The van der Waals surface area contributed by atoms with Gasteiger partial charge in [-0.15, -0.1) is 0 Å². The minimum absolute atomic E-state index is 0.306. The molecule has 0 fully saturated rings. The van der Waals surface area contributed by atoms with E-state index in [1.165, 1.54) is 0 Å². The number of benzene rings is 1. The van der Waals surface area contributed by atoms with Crippen LogP contribution in [0.5, 0.6) is 5.75 Å². The molecule has 0 bridgehead atoms. The van der Waals surface area contributed by atoms with Gasteiger partial charge in [0, 0.05) is 11.1 Å². The Morgan fingerprint density at radius 1 is 1.46 bits per heavy atom. The van der Waals surface area contributed by atoms with E-state index in [0.29, 0.717) is 23.0 Å². The summed E-state index contributed by atoms with van der Waals surface area (Å²) in [4.78, 5) is 10.5. The van der Waals surface area contributed by atoms with Crippen molar-refractivity contribution in [2.75, 3.05) is 6.61 Å². The van der Waals surface area contributed by atoms with E-state index in [1.807, 2.05) is 12.1 Å². The molecule has 2 nitrogen and oxygen atoms in total. The maximum absolute atomic E-state index is 10.5. The van der Waals surface area contributed by atoms with Crippen molar-refractivity contribution >= 4 is 24.0 Å². The normalized spacial score (nSPS) is 14.1. The van der Waals surface area contributed by atoms with Crippen molar-refractivity contribution < 1.29 is 9.53 Å². The highest BCUT2D eigenvalue weighted by molar-refractivity contribution is 6.32. The van der Waals surface area contributed by atoms with E-state index in [9.17, 15) is 4.79 Å². The molecule has 0 aromatic heterocycles. The van der Waals surface area contributed by atoms with Crippen LogP contribution in [0.1, 0.15) is 5.56 Å². The number of aldehydes is 1. The van der Waals surface area contributed by atoms with Gasteiger partial charge in [-0.05, 0) is 12.1 Å². The molecule has 1 aromatic rings. The lowest BCUT2D eigenvalue weighted by molar-refractivity contribution is -0.105. The number of carbonyl (C=O) groups is 1. The van der Waals surface area contributed by atoms with Gasteiger partial charge in [-0.25, -0.2) is 0 Å². The summed E-state index contributed by atoms with van der Waals surface area (Å²) in [6.45, 7) is 0.306. The summed E-state index contributed by atoms with van der Waals surface area (Å²) in [5.41, 5.74) is 1.50. The van der Waals surface area contributed by atoms with Crippen molar-refractivity contribution in [2.45, 2.75) is 0 Å². The maximum Gasteiger partial charge on any atom is 0.149 e. The van der Waals surface area contributed by atoms with E-state index in [1.54, 1.807) is 12.1 Å². The van der Waals surface area contributed by atoms with Gasteiger partial charge in [0.1, 0.15) is 18.6 Å². The van der Waals surface area contributed by atoms with Gasteiger partial charge < -0.3 is 4.74 Å². The molecule has 2 rings (SSSR count).